The highest BCUT2D eigenvalue weighted by Crippen LogP contribution is 2.50. The summed E-state index contributed by atoms with van der Waals surface area (Å²) in [6.07, 6.45) is 0.239. The molecule has 4 amide bonds. The number of rotatable bonds is 8. The first kappa shape index (κ1) is 28.6. The molecule has 3 aliphatic rings. The van der Waals surface area contributed by atoms with Gasteiger partial charge in [-0.15, -0.1) is 11.8 Å². The Morgan fingerprint density at radius 3 is 2.39 bits per heavy atom. The Bertz CT molecular complexity index is 1330. The lowest BCUT2D eigenvalue weighted by atomic mass is 9.95. The molecule has 12 heteroatoms. The highest BCUT2D eigenvalue weighted by atomic mass is 32.2. The number of carbonyl (C=O) groups excluding carboxylic acids is 4. The third-order valence-corrected chi connectivity index (χ3v) is 9.16. The molecule has 5 rings (SSSR count). The van der Waals surface area contributed by atoms with Gasteiger partial charge in [0.1, 0.15) is 30.1 Å². The molecule has 3 fully saturated rings. The molecule has 11 nitrogen and oxygen atoms in total. The quantitative estimate of drug-likeness (QED) is 0.401. The highest BCUT2D eigenvalue weighted by molar-refractivity contribution is 8.01. The van der Waals surface area contributed by atoms with Crippen molar-refractivity contribution in [2.45, 2.75) is 67.6 Å². The zero-order valence-electron chi connectivity index (χ0n) is 22.7. The number of thioether (sulfide) groups is 1. The number of hydrogen-bond donors (Lipinski definition) is 3. The molecule has 41 heavy (non-hydrogen) atoms. The Morgan fingerprint density at radius 1 is 1.12 bits per heavy atom. The van der Waals surface area contributed by atoms with Crippen molar-refractivity contribution in [1.82, 2.24) is 20.4 Å². The largest absolute Gasteiger partial charge is 0.480 e. The van der Waals surface area contributed by atoms with E-state index >= 15 is 0 Å². The van der Waals surface area contributed by atoms with Gasteiger partial charge in [-0.05, 0) is 44.4 Å². The van der Waals surface area contributed by atoms with Gasteiger partial charge in [0.25, 0.3) is 0 Å². The van der Waals surface area contributed by atoms with E-state index < -0.39 is 64.1 Å². The number of carbonyl (C=O) groups is 5. The summed E-state index contributed by atoms with van der Waals surface area (Å²) in [7, 11) is 0. The van der Waals surface area contributed by atoms with E-state index in [-0.39, 0.29) is 6.61 Å². The average molecular weight is 581 g/mol. The normalized spacial score (nSPS) is 25.0. The van der Waals surface area contributed by atoms with E-state index in [1.807, 2.05) is 6.07 Å². The maximum Gasteiger partial charge on any atom is 0.417 e. The number of aliphatic carboxylic acids is 1. The fourth-order valence-electron chi connectivity index (χ4n) is 5.61. The number of imide groups is 1. The molecule has 2 aromatic rings. The van der Waals surface area contributed by atoms with Crippen LogP contribution >= 0.6 is 11.8 Å². The first-order chi connectivity index (χ1) is 19.6. The van der Waals surface area contributed by atoms with Crippen LogP contribution in [0.15, 0.2) is 60.7 Å². The fourth-order valence-corrected chi connectivity index (χ4v) is 7.23. The summed E-state index contributed by atoms with van der Waals surface area (Å²) in [6, 6.07) is 13.2. The molecule has 0 aliphatic carbocycles. The minimum Gasteiger partial charge on any atom is -0.480 e. The van der Waals surface area contributed by atoms with Crippen LogP contribution in [0.3, 0.4) is 0 Å². The number of carboxylic acids is 1. The molecule has 216 valence electrons. The second-order valence-corrected chi connectivity index (χ2v) is 12.6. The number of carboxylic acid groups (broad SMARTS) is 1. The van der Waals surface area contributed by atoms with Crippen molar-refractivity contribution in [3.8, 4) is 0 Å². The molecule has 3 N–H and O–H groups in total. The lowest BCUT2D eigenvalue weighted by Crippen LogP contribution is -2.71. The lowest BCUT2D eigenvalue weighted by Gasteiger charge is -2.44. The fraction of sp³-hybridized carbons (Fsp3) is 0.414. The van der Waals surface area contributed by atoms with Crippen molar-refractivity contribution in [2.24, 2.45) is 0 Å². The number of ether oxygens (including phenoxy) is 1. The van der Waals surface area contributed by atoms with Gasteiger partial charge in [-0.2, -0.15) is 0 Å². The van der Waals surface area contributed by atoms with Crippen molar-refractivity contribution in [1.29, 1.82) is 0 Å². The van der Waals surface area contributed by atoms with Crippen LogP contribution in [-0.4, -0.2) is 79.5 Å². The van der Waals surface area contributed by atoms with Crippen LogP contribution in [0.1, 0.15) is 43.9 Å². The van der Waals surface area contributed by atoms with Crippen LogP contribution in [-0.2, 0) is 30.5 Å². The Labute approximate surface area is 241 Å². The number of fused-ring (bicyclic) bond motifs is 1. The van der Waals surface area contributed by atoms with Gasteiger partial charge in [0.2, 0.25) is 17.7 Å². The Balaban J connectivity index is 1.44. The maximum absolute atomic E-state index is 14.0. The van der Waals surface area contributed by atoms with Crippen LogP contribution in [0.25, 0.3) is 0 Å². The third-order valence-electron chi connectivity index (χ3n) is 7.59. The standard InChI is InChI=1S/C29H32N4O7S/c1-29(2)22(27(37)38)33-25(36)20(26(33)41-29)31-23(34)21(18-12-7-4-8-13-18)32(24(35)19-14-9-15-30-19)28(39)40-16-17-10-5-3-6-11-17/h3-8,10-13,19-22,26,30H,9,14-16H2,1-2H3,(H,31,34)(H,37,38)/t19-,20-,21?,22+,26-/m1/s1. The molecular formula is C29H32N4O7S. The first-order valence-corrected chi connectivity index (χ1v) is 14.3. The predicted molar refractivity (Wildman–Crippen MR) is 149 cm³/mol. The van der Waals surface area contributed by atoms with E-state index in [9.17, 15) is 29.1 Å². The summed E-state index contributed by atoms with van der Waals surface area (Å²) >= 11 is 1.29. The smallest absolute Gasteiger partial charge is 0.417 e. The van der Waals surface area contributed by atoms with Gasteiger partial charge in [-0.1, -0.05) is 60.7 Å². The number of nitrogens with zero attached hydrogens (tertiary/aromatic N) is 2. The van der Waals surface area contributed by atoms with Crippen LogP contribution in [0, 0.1) is 0 Å². The monoisotopic (exact) mass is 580 g/mol. The molecule has 3 heterocycles. The lowest BCUT2D eigenvalue weighted by molar-refractivity contribution is -0.161. The minimum atomic E-state index is -1.43. The van der Waals surface area contributed by atoms with Crippen molar-refractivity contribution in [3.63, 3.8) is 0 Å². The second kappa shape index (κ2) is 11.5. The molecule has 2 aromatic carbocycles. The van der Waals surface area contributed by atoms with Gasteiger partial charge in [0.15, 0.2) is 0 Å². The van der Waals surface area contributed by atoms with Crippen molar-refractivity contribution in [2.75, 3.05) is 6.54 Å². The van der Waals surface area contributed by atoms with E-state index in [4.69, 9.17) is 4.74 Å². The van der Waals surface area contributed by atoms with Crippen molar-refractivity contribution in [3.05, 3.63) is 71.8 Å². The summed E-state index contributed by atoms with van der Waals surface area (Å²) in [5.41, 5.74) is 1.07. The zero-order chi connectivity index (χ0) is 29.3. The van der Waals surface area contributed by atoms with Gasteiger partial charge < -0.3 is 25.4 Å². The van der Waals surface area contributed by atoms with Crippen molar-refractivity contribution < 1.29 is 33.8 Å². The number of hydrogen-bond acceptors (Lipinski definition) is 8. The molecular weight excluding hydrogens is 548 g/mol. The molecule has 3 saturated heterocycles. The Hall–Kier alpha value is -3.90. The average Bonchev–Trinajstić information content (AvgIpc) is 3.59. The maximum atomic E-state index is 14.0. The molecule has 0 saturated carbocycles. The van der Waals surface area contributed by atoms with Crippen molar-refractivity contribution >= 4 is 41.5 Å². The van der Waals surface area contributed by atoms with Crippen LogP contribution in [0.2, 0.25) is 0 Å². The van der Waals surface area contributed by atoms with Gasteiger partial charge in [0.05, 0.1) is 6.04 Å². The van der Waals surface area contributed by atoms with Crippen LogP contribution in [0.4, 0.5) is 4.79 Å². The molecule has 0 bridgehead atoms. The molecule has 3 aliphatic heterocycles. The zero-order valence-corrected chi connectivity index (χ0v) is 23.5. The number of β-lactam (4-membered cyclic amide) rings is 1. The summed E-state index contributed by atoms with van der Waals surface area (Å²) in [6.45, 7) is 3.97. The minimum absolute atomic E-state index is 0.106. The first-order valence-electron chi connectivity index (χ1n) is 13.5. The highest BCUT2D eigenvalue weighted by Gasteiger charge is 2.64. The van der Waals surface area contributed by atoms with Gasteiger partial charge in [-0.25, -0.2) is 14.5 Å². The predicted octanol–water partition coefficient (Wildman–Crippen LogP) is 2.28. The number of amides is 4. The third kappa shape index (κ3) is 5.53. The summed E-state index contributed by atoms with van der Waals surface area (Å²) < 4.78 is 4.76. The van der Waals surface area contributed by atoms with E-state index in [2.05, 4.69) is 10.6 Å². The summed E-state index contributed by atoms with van der Waals surface area (Å²) in [4.78, 5) is 68.4. The summed E-state index contributed by atoms with van der Waals surface area (Å²) in [5.74, 6) is -2.99. The second-order valence-electron chi connectivity index (χ2n) is 10.8. The van der Waals surface area contributed by atoms with E-state index in [1.54, 1.807) is 68.4 Å². The van der Waals surface area contributed by atoms with E-state index in [1.165, 1.54) is 16.7 Å². The topological polar surface area (TPSA) is 145 Å². The van der Waals surface area contributed by atoms with Gasteiger partial charge in [-0.3, -0.25) is 14.4 Å². The van der Waals surface area contributed by atoms with E-state index in [0.717, 1.165) is 11.3 Å². The number of benzene rings is 2. The SMILES string of the molecule is CC1(C)S[C@@H]2[C@H](NC(=O)C(c3ccccc3)N(C(=O)OCc3ccccc3)C(=O)[C@H]3CCCN3)C(=O)N2[C@H]1C(=O)O. The van der Waals surface area contributed by atoms with Gasteiger partial charge >= 0.3 is 12.1 Å². The van der Waals surface area contributed by atoms with Gasteiger partial charge in [0, 0.05) is 4.75 Å². The van der Waals surface area contributed by atoms with Crippen LogP contribution < -0.4 is 10.6 Å². The number of nitrogens with one attached hydrogen (secondary N) is 2. The molecule has 1 unspecified atom stereocenters. The molecule has 0 radical (unpaired) electrons. The molecule has 0 aromatic heterocycles. The summed E-state index contributed by atoms with van der Waals surface area (Å²) in [5, 5.41) is 14.9. The Morgan fingerprint density at radius 2 is 1.78 bits per heavy atom. The van der Waals surface area contributed by atoms with E-state index in [0.29, 0.717) is 24.1 Å². The molecule has 0 spiro atoms. The Kier molecular flexibility index (Phi) is 8.05. The molecule has 5 atom stereocenters. The van der Waals surface area contributed by atoms with Crippen LogP contribution in [0.5, 0.6) is 0 Å².